The van der Waals surface area contributed by atoms with Crippen LogP contribution in [-0.2, 0) is 18.9 Å². The molecule has 1 aromatic carbocycles. The molecule has 0 saturated heterocycles. The Kier molecular flexibility index (Phi) is 4.66. The minimum absolute atomic E-state index is 0.137. The average molecular weight is 327 g/mol. The number of hydrogen-bond acceptors (Lipinski definition) is 2. The van der Waals surface area contributed by atoms with E-state index < -0.39 is 6.10 Å². The number of rotatable bonds is 3. The molecule has 21 heavy (non-hydrogen) atoms. The maximum atomic E-state index is 10.6. The lowest BCUT2D eigenvalue weighted by Crippen LogP contribution is -2.17. The smallest absolute Gasteiger partial charge is 0.0864 e. The molecule has 0 spiro atoms. The highest BCUT2D eigenvalue weighted by molar-refractivity contribution is 6.36. The molecule has 0 radical (unpaired) electrons. The van der Waals surface area contributed by atoms with Crippen LogP contribution in [0.3, 0.4) is 0 Å². The predicted molar refractivity (Wildman–Crippen MR) is 87.0 cm³/mol. The molecule has 2 rings (SSSR count). The van der Waals surface area contributed by atoms with E-state index in [2.05, 4.69) is 25.9 Å². The minimum atomic E-state index is -0.690. The molecule has 0 saturated carbocycles. The first-order valence-corrected chi connectivity index (χ1v) is 7.60. The van der Waals surface area contributed by atoms with Gasteiger partial charge in [-0.2, -0.15) is 5.10 Å². The van der Waals surface area contributed by atoms with Gasteiger partial charge in [0, 0.05) is 40.7 Å². The van der Waals surface area contributed by atoms with Gasteiger partial charge in [0.2, 0.25) is 0 Å². The van der Waals surface area contributed by atoms with E-state index in [1.54, 1.807) is 22.9 Å². The molecule has 0 aliphatic carbocycles. The Morgan fingerprint density at radius 3 is 2.33 bits per heavy atom. The Hall–Kier alpha value is -1.03. The maximum absolute atomic E-state index is 10.6. The number of benzene rings is 1. The molecule has 1 N–H and O–H groups in total. The van der Waals surface area contributed by atoms with E-state index in [1.165, 1.54) is 0 Å². The van der Waals surface area contributed by atoms with E-state index in [4.69, 9.17) is 23.2 Å². The van der Waals surface area contributed by atoms with Gasteiger partial charge in [-0.3, -0.25) is 4.68 Å². The lowest BCUT2D eigenvalue weighted by molar-refractivity contribution is 0.176. The van der Waals surface area contributed by atoms with Crippen LogP contribution in [0.2, 0.25) is 10.0 Å². The number of nitrogens with zero attached hydrogens (tertiary/aromatic N) is 2. The molecule has 1 aromatic heterocycles. The first-order chi connectivity index (χ1) is 9.70. The van der Waals surface area contributed by atoms with Crippen LogP contribution in [0.1, 0.15) is 43.7 Å². The molecule has 114 valence electrons. The number of halogens is 2. The van der Waals surface area contributed by atoms with Crippen molar-refractivity contribution in [2.24, 2.45) is 7.05 Å². The van der Waals surface area contributed by atoms with Gasteiger partial charge in [-0.1, -0.05) is 50.0 Å². The predicted octanol–water partition coefficient (Wildman–Crippen LogP) is 4.30. The highest BCUT2D eigenvalue weighted by Gasteiger charge is 2.26. The van der Waals surface area contributed by atoms with Crippen molar-refractivity contribution < 1.29 is 5.11 Å². The summed E-state index contributed by atoms with van der Waals surface area (Å²) in [4.78, 5) is 0. The number of aliphatic hydroxyl groups is 1. The Morgan fingerprint density at radius 1 is 1.24 bits per heavy atom. The van der Waals surface area contributed by atoms with Gasteiger partial charge in [-0.15, -0.1) is 0 Å². The molecule has 1 heterocycles. The summed E-state index contributed by atoms with van der Waals surface area (Å²) in [7, 11) is 1.86. The molecule has 5 heteroatoms. The van der Waals surface area contributed by atoms with Crippen molar-refractivity contribution in [3.63, 3.8) is 0 Å². The molecule has 0 amide bonds. The molecular formula is C16H20Cl2N2O. The van der Waals surface area contributed by atoms with Gasteiger partial charge in [0.05, 0.1) is 11.8 Å². The monoisotopic (exact) mass is 326 g/mol. The third-order valence-electron chi connectivity index (χ3n) is 3.39. The van der Waals surface area contributed by atoms with Crippen molar-refractivity contribution in [3.8, 4) is 0 Å². The van der Waals surface area contributed by atoms with Crippen molar-refractivity contribution in [2.75, 3.05) is 0 Å². The first-order valence-electron chi connectivity index (χ1n) is 6.85. The molecule has 0 fully saturated rings. The standard InChI is InChI=1S/C16H20Cl2N2O/c1-16(2,3)15-11(9-20(4)19-15)14(21)8-10-12(17)6-5-7-13(10)18/h5-7,9,14,21H,8H2,1-4H3. The second kappa shape index (κ2) is 5.99. The molecule has 0 aliphatic heterocycles. The molecule has 1 unspecified atom stereocenters. The summed E-state index contributed by atoms with van der Waals surface area (Å²) in [5, 5.41) is 16.2. The van der Waals surface area contributed by atoms with Gasteiger partial charge in [-0.05, 0) is 17.7 Å². The molecule has 0 aliphatic rings. The molecule has 2 aromatic rings. The van der Waals surface area contributed by atoms with Crippen LogP contribution in [0, 0.1) is 0 Å². The number of aliphatic hydroxyl groups excluding tert-OH is 1. The summed E-state index contributed by atoms with van der Waals surface area (Å²) in [6.45, 7) is 6.23. The van der Waals surface area contributed by atoms with Crippen LogP contribution >= 0.6 is 23.2 Å². The molecule has 1 atom stereocenters. The van der Waals surface area contributed by atoms with Crippen molar-refractivity contribution in [1.82, 2.24) is 9.78 Å². The lowest BCUT2D eigenvalue weighted by atomic mass is 9.87. The van der Waals surface area contributed by atoms with Gasteiger partial charge < -0.3 is 5.11 Å². The molecular weight excluding hydrogens is 307 g/mol. The highest BCUT2D eigenvalue weighted by Crippen LogP contribution is 2.33. The third kappa shape index (κ3) is 3.60. The van der Waals surface area contributed by atoms with Gasteiger partial charge in [0.25, 0.3) is 0 Å². The Balaban J connectivity index is 2.35. The van der Waals surface area contributed by atoms with Gasteiger partial charge in [-0.25, -0.2) is 0 Å². The fourth-order valence-electron chi connectivity index (χ4n) is 2.36. The van der Waals surface area contributed by atoms with E-state index in [0.717, 1.165) is 16.8 Å². The summed E-state index contributed by atoms with van der Waals surface area (Å²) in [5.74, 6) is 0. The summed E-state index contributed by atoms with van der Waals surface area (Å²) in [6, 6.07) is 5.36. The highest BCUT2D eigenvalue weighted by atomic mass is 35.5. The first kappa shape index (κ1) is 16.3. The zero-order valence-electron chi connectivity index (χ0n) is 12.7. The van der Waals surface area contributed by atoms with Crippen molar-refractivity contribution in [3.05, 3.63) is 51.3 Å². The van der Waals surface area contributed by atoms with E-state index in [0.29, 0.717) is 16.5 Å². The fraction of sp³-hybridized carbons (Fsp3) is 0.438. The van der Waals surface area contributed by atoms with Crippen LogP contribution < -0.4 is 0 Å². The second-order valence-electron chi connectivity index (χ2n) is 6.28. The van der Waals surface area contributed by atoms with E-state index in [1.807, 2.05) is 13.2 Å². The van der Waals surface area contributed by atoms with Crippen LogP contribution in [0.15, 0.2) is 24.4 Å². The number of aryl methyl sites for hydroxylation is 1. The third-order valence-corrected chi connectivity index (χ3v) is 4.09. The van der Waals surface area contributed by atoms with E-state index >= 15 is 0 Å². The van der Waals surface area contributed by atoms with Crippen molar-refractivity contribution in [1.29, 1.82) is 0 Å². The molecule has 3 nitrogen and oxygen atoms in total. The van der Waals surface area contributed by atoms with E-state index in [9.17, 15) is 5.11 Å². The zero-order valence-corrected chi connectivity index (χ0v) is 14.2. The quantitative estimate of drug-likeness (QED) is 0.913. The van der Waals surface area contributed by atoms with Crippen LogP contribution in [0.25, 0.3) is 0 Å². The fourth-order valence-corrected chi connectivity index (χ4v) is 2.92. The van der Waals surface area contributed by atoms with E-state index in [-0.39, 0.29) is 5.41 Å². The maximum Gasteiger partial charge on any atom is 0.0864 e. The normalized spacial score (nSPS) is 13.5. The second-order valence-corrected chi connectivity index (χ2v) is 7.09. The van der Waals surface area contributed by atoms with Crippen LogP contribution in [0.5, 0.6) is 0 Å². The average Bonchev–Trinajstić information content (AvgIpc) is 2.76. The summed E-state index contributed by atoms with van der Waals surface area (Å²) in [5.41, 5.74) is 2.33. The minimum Gasteiger partial charge on any atom is -0.388 e. The Bertz CT molecular complexity index is 624. The SMILES string of the molecule is Cn1cc(C(O)Cc2c(Cl)cccc2Cl)c(C(C)(C)C)n1. The largest absolute Gasteiger partial charge is 0.388 e. The molecule has 0 bridgehead atoms. The van der Waals surface area contributed by atoms with Gasteiger partial charge in [0.1, 0.15) is 0 Å². The Morgan fingerprint density at radius 2 is 1.81 bits per heavy atom. The van der Waals surface area contributed by atoms with Crippen molar-refractivity contribution >= 4 is 23.2 Å². The van der Waals surface area contributed by atoms with Gasteiger partial charge >= 0.3 is 0 Å². The summed E-state index contributed by atoms with van der Waals surface area (Å²) >= 11 is 12.4. The summed E-state index contributed by atoms with van der Waals surface area (Å²) < 4.78 is 1.73. The zero-order chi connectivity index (χ0) is 15.8. The summed E-state index contributed by atoms with van der Waals surface area (Å²) in [6.07, 6.45) is 1.54. The topological polar surface area (TPSA) is 38.0 Å². The lowest BCUT2D eigenvalue weighted by Gasteiger charge is -2.20. The van der Waals surface area contributed by atoms with Crippen molar-refractivity contribution in [2.45, 2.75) is 38.7 Å². The Labute approximate surface area is 135 Å². The van der Waals surface area contributed by atoms with Crippen LogP contribution in [-0.4, -0.2) is 14.9 Å². The number of aromatic nitrogens is 2. The van der Waals surface area contributed by atoms with Crippen LogP contribution in [0.4, 0.5) is 0 Å². The number of hydrogen-bond donors (Lipinski definition) is 1. The van der Waals surface area contributed by atoms with Gasteiger partial charge in [0.15, 0.2) is 0 Å².